The second kappa shape index (κ2) is 7.51. The molecule has 3 aromatic carbocycles. The highest BCUT2D eigenvalue weighted by molar-refractivity contribution is 6.16. The summed E-state index contributed by atoms with van der Waals surface area (Å²) in [5, 5.41) is 0. The van der Waals surface area contributed by atoms with Crippen molar-refractivity contribution in [2.75, 3.05) is 0 Å². The molecule has 0 amide bonds. The van der Waals surface area contributed by atoms with E-state index in [9.17, 15) is 4.79 Å². The Bertz CT molecular complexity index is 834. The highest BCUT2D eigenvalue weighted by Gasteiger charge is 2.12. The molecule has 0 bridgehead atoms. The minimum absolute atomic E-state index is 0.0749. The molecule has 118 valence electrons. The van der Waals surface area contributed by atoms with Gasteiger partial charge in [-0.25, -0.2) is 0 Å². The van der Waals surface area contributed by atoms with Crippen LogP contribution in [0, 0.1) is 6.92 Å². The van der Waals surface area contributed by atoms with Crippen LogP contribution in [0.4, 0.5) is 5.69 Å². The van der Waals surface area contributed by atoms with Crippen LogP contribution < -0.4 is 0 Å². The summed E-state index contributed by atoms with van der Waals surface area (Å²) < 4.78 is 0. The summed E-state index contributed by atoms with van der Waals surface area (Å²) in [7, 11) is 0. The molecule has 0 aromatic heterocycles. The Morgan fingerprint density at radius 2 is 1.33 bits per heavy atom. The average Bonchev–Trinajstić information content (AvgIpc) is 2.63. The van der Waals surface area contributed by atoms with Crippen LogP contribution in [0.3, 0.4) is 0 Å². The van der Waals surface area contributed by atoms with Crippen molar-refractivity contribution in [1.82, 2.24) is 0 Å². The van der Waals surface area contributed by atoms with Crippen molar-refractivity contribution in [3.05, 3.63) is 102 Å². The Labute approximate surface area is 142 Å². The monoisotopic (exact) mass is 313 g/mol. The van der Waals surface area contributed by atoms with Crippen LogP contribution >= 0.6 is 0 Å². The Morgan fingerprint density at radius 3 is 1.96 bits per heavy atom. The number of carbonyl (C=O) groups excluding carboxylic acids is 1. The van der Waals surface area contributed by atoms with Gasteiger partial charge in [0.25, 0.3) is 0 Å². The number of aliphatic imine (C=N–C) groups is 1. The van der Waals surface area contributed by atoms with Gasteiger partial charge in [0.05, 0.1) is 17.8 Å². The van der Waals surface area contributed by atoms with Gasteiger partial charge in [0.1, 0.15) is 0 Å². The summed E-state index contributed by atoms with van der Waals surface area (Å²) in [6, 6.07) is 27.2. The summed E-state index contributed by atoms with van der Waals surface area (Å²) in [6.07, 6.45) is 0.280. The smallest absolute Gasteiger partial charge is 0.168 e. The van der Waals surface area contributed by atoms with Crippen molar-refractivity contribution in [1.29, 1.82) is 0 Å². The van der Waals surface area contributed by atoms with Crippen LogP contribution in [-0.4, -0.2) is 11.5 Å². The summed E-state index contributed by atoms with van der Waals surface area (Å²) in [6.45, 7) is 2.05. The standard InChI is InChI=1S/C22H19NO/c1-17-12-14-18(15-13-17)21(23-20-10-6-3-7-11-20)16-22(24)19-8-4-2-5-9-19/h2-15H,16H2,1H3. The van der Waals surface area contributed by atoms with Gasteiger partial charge in [-0.1, -0.05) is 78.4 Å². The lowest BCUT2D eigenvalue weighted by Crippen LogP contribution is -2.09. The third-order valence-electron chi connectivity index (χ3n) is 3.83. The number of hydrogen-bond acceptors (Lipinski definition) is 2. The number of nitrogens with zero attached hydrogens (tertiary/aromatic N) is 1. The molecule has 0 aliphatic heterocycles. The van der Waals surface area contributed by atoms with Gasteiger partial charge in [0.2, 0.25) is 0 Å². The van der Waals surface area contributed by atoms with Gasteiger partial charge in [-0.15, -0.1) is 0 Å². The van der Waals surface area contributed by atoms with Crippen LogP contribution in [0.2, 0.25) is 0 Å². The zero-order valence-corrected chi connectivity index (χ0v) is 13.6. The third kappa shape index (κ3) is 4.05. The molecule has 0 heterocycles. The number of Topliss-reactive ketones (excluding diaryl/α,β-unsaturated/α-hetero) is 1. The summed E-state index contributed by atoms with van der Waals surface area (Å²) >= 11 is 0. The molecular weight excluding hydrogens is 294 g/mol. The molecule has 0 unspecified atom stereocenters. The number of hydrogen-bond donors (Lipinski definition) is 0. The lowest BCUT2D eigenvalue weighted by Gasteiger charge is -2.08. The van der Waals surface area contributed by atoms with E-state index in [0.29, 0.717) is 5.56 Å². The third-order valence-corrected chi connectivity index (χ3v) is 3.83. The minimum atomic E-state index is 0.0749. The number of ketones is 1. The molecule has 0 aliphatic rings. The van der Waals surface area contributed by atoms with Crippen LogP contribution in [0.1, 0.15) is 27.9 Å². The van der Waals surface area contributed by atoms with Gasteiger partial charge in [0, 0.05) is 5.56 Å². The maximum Gasteiger partial charge on any atom is 0.168 e. The van der Waals surface area contributed by atoms with E-state index < -0.39 is 0 Å². The lowest BCUT2D eigenvalue weighted by molar-refractivity contribution is 0.100. The summed E-state index contributed by atoms with van der Waals surface area (Å²) in [5.74, 6) is 0.0749. The zero-order valence-electron chi connectivity index (χ0n) is 13.6. The fourth-order valence-corrected chi connectivity index (χ4v) is 2.49. The van der Waals surface area contributed by atoms with E-state index in [4.69, 9.17) is 4.99 Å². The number of rotatable bonds is 5. The number of benzene rings is 3. The number of carbonyl (C=O) groups is 1. The van der Waals surface area contributed by atoms with E-state index >= 15 is 0 Å². The first-order chi connectivity index (χ1) is 11.7. The molecule has 0 saturated carbocycles. The average molecular weight is 313 g/mol. The topological polar surface area (TPSA) is 29.4 Å². The molecule has 3 rings (SSSR count). The van der Waals surface area contributed by atoms with E-state index in [1.54, 1.807) is 0 Å². The number of para-hydroxylation sites is 1. The van der Waals surface area contributed by atoms with Crippen LogP contribution in [0.25, 0.3) is 0 Å². The van der Waals surface area contributed by atoms with Gasteiger partial charge in [0.15, 0.2) is 5.78 Å². The quantitative estimate of drug-likeness (QED) is 0.459. The second-order valence-electron chi connectivity index (χ2n) is 5.73. The number of aryl methyl sites for hydroxylation is 1. The van der Waals surface area contributed by atoms with Gasteiger partial charge in [-0.2, -0.15) is 0 Å². The van der Waals surface area contributed by atoms with E-state index in [1.165, 1.54) is 5.56 Å². The van der Waals surface area contributed by atoms with Gasteiger partial charge < -0.3 is 0 Å². The van der Waals surface area contributed by atoms with Crippen molar-refractivity contribution in [2.45, 2.75) is 13.3 Å². The zero-order chi connectivity index (χ0) is 16.8. The molecule has 2 nitrogen and oxygen atoms in total. The van der Waals surface area contributed by atoms with Crippen molar-refractivity contribution >= 4 is 17.2 Å². The summed E-state index contributed by atoms with van der Waals surface area (Å²) in [4.78, 5) is 17.3. The Kier molecular flexibility index (Phi) is 4.97. The molecule has 2 heteroatoms. The predicted molar refractivity (Wildman–Crippen MR) is 99.2 cm³/mol. The van der Waals surface area contributed by atoms with Gasteiger partial charge in [-0.3, -0.25) is 9.79 Å². The van der Waals surface area contributed by atoms with E-state index in [1.807, 2.05) is 91.9 Å². The molecule has 0 saturated heterocycles. The van der Waals surface area contributed by atoms with Crippen molar-refractivity contribution in [3.8, 4) is 0 Å². The van der Waals surface area contributed by atoms with Gasteiger partial charge >= 0.3 is 0 Å². The first-order valence-corrected chi connectivity index (χ1v) is 8.00. The van der Waals surface area contributed by atoms with Crippen molar-refractivity contribution in [2.24, 2.45) is 4.99 Å². The molecule has 0 aliphatic carbocycles. The SMILES string of the molecule is Cc1ccc(C(CC(=O)c2ccccc2)=Nc2ccccc2)cc1. The molecular formula is C22H19NO. The maximum atomic E-state index is 12.6. The second-order valence-corrected chi connectivity index (χ2v) is 5.73. The van der Waals surface area contributed by atoms with Crippen molar-refractivity contribution < 1.29 is 4.79 Å². The fourth-order valence-electron chi connectivity index (χ4n) is 2.49. The predicted octanol–water partition coefficient (Wildman–Crippen LogP) is 5.39. The lowest BCUT2D eigenvalue weighted by atomic mass is 10.00. The summed E-state index contributed by atoms with van der Waals surface area (Å²) in [5.41, 5.74) is 4.52. The molecule has 3 aromatic rings. The van der Waals surface area contributed by atoms with E-state index in [2.05, 4.69) is 0 Å². The van der Waals surface area contributed by atoms with Crippen LogP contribution in [0.15, 0.2) is 89.9 Å². The first-order valence-electron chi connectivity index (χ1n) is 8.00. The van der Waals surface area contributed by atoms with E-state index in [0.717, 1.165) is 17.0 Å². The Balaban J connectivity index is 1.94. The highest BCUT2D eigenvalue weighted by atomic mass is 16.1. The molecule has 0 spiro atoms. The molecule has 0 fully saturated rings. The van der Waals surface area contributed by atoms with Crippen molar-refractivity contribution in [3.63, 3.8) is 0 Å². The largest absolute Gasteiger partial charge is 0.294 e. The first kappa shape index (κ1) is 15.9. The van der Waals surface area contributed by atoms with E-state index in [-0.39, 0.29) is 12.2 Å². The van der Waals surface area contributed by atoms with Gasteiger partial charge in [-0.05, 0) is 24.6 Å². The highest BCUT2D eigenvalue weighted by Crippen LogP contribution is 2.17. The van der Waals surface area contributed by atoms with Crippen LogP contribution in [0.5, 0.6) is 0 Å². The Morgan fingerprint density at radius 1 is 0.750 bits per heavy atom. The fraction of sp³-hybridized carbons (Fsp3) is 0.0909. The Hall–Kier alpha value is -3.00. The molecule has 24 heavy (non-hydrogen) atoms. The molecule has 0 atom stereocenters. The minimum Gasteiger partial charge on any atom is -0.294 e. The van der Waals surface area contributed by atoms with Crippen LogP contribution in [-0.2, 0) is 0 Å². The molecule has 0 N–H and O–H groups in total. The molecule has 0 radical (unpaired) electrons. The normalized spacial score (nSPS) is 11.3. The maximum absolute atomic E-state index is 12.6.